The molecule has 0 aliphatic carbocycles. The average molecular weight is 584 g/mol. The second-order valence-electron chi connectivity index (χ2n) is 11.2. The number of phenolic OH excluding ortho intramolecular Hbond substituents is 1. The van der Waals surface area contributed by atoms with Gasteiger partial charge < -0.3 is 34.5 Å². The van der Waals surface area contributed by atoms with Crippen molar-refractivity contribution in [2.45, 2.75) is 57.1 Å². The highest BCUT2D eigenvalue weighted by molar-refractivity contribution is 6.33. The number of hydrogen-bond donors (Lipinski definition) is 3. The lowest BCUT2D eigenvalue weighted by Gasteiger charge is -2.35. The second-order valence-corrected chi connectivity index (χ2v) is 11.6. The number of benzene rings is 2. The van der Waals surface area contributed by atoms with Gasteiger partial charge in [-0.2, -0.15) is 0 Å². The molecule has 3 aromatic rings. The van der Waals surface area contributed by atoms with E-state index in [4.69, 9.17) is 20.8 Å². The third-order valence-corrected chi connectivity index (χ3v) is 8.41. The Balaban J connectivity index is 1.62. The smallest absolute Gasteiger partial charge is 0.415 e. The van der Waals surface area contributed by atoms with E-state index in [0.29, 0.717) is 48.7 Å². The van der Waals surface area contributed by atoms with Crippen LogP contribution >= 0.6 is 11.6 Å². The van der Waals surface area contributed by atoms with Crippen molar-refractivity contribution in [2.24, 2.45) is 0 Å². The van der Waals surface area contributed by atoms with Crippen LogP contribution in [0.25, 0.3) is 22.3 Å². The first kappa shape index (κ1) is 29.4. The molecule has 2 aliphatic rings. The van der Waals surface area contributed by atoms with Crippen LogP contribution in [0.2, 0.25) is 5.02 Å². The highest BCUT2D eigenvalue weighted by Gasteiger charge is 2.35. The highest BCUT2D eigenvalue weighted by Crippen LogP contribution is 2.43. The standard InChI is InChI=1S/C31H38ClN3O6/c1-3-13-35(17-19-8-6-7-12-33-19)31(39)41-27-16-24(37)29-23(36)15-26(20-9-4-5-10-22(20)32)40-30(29)28(27)21-11-14-34(2)18-25(21)38/h4-5,9-10,15-16,19,21,25,33,37-38H,3,6-8,11-14,17-18H2,1-2H3/t19-,21-,25+/m0/s1. The summed E-state index contributed by atoms with van der Waals surface area (Å²) in [5, 5.41) is 26.1. The van der Waals surface area contributed by atoms with Gasteiger partial charge in [-0.05, 0) is 58.0 Å². The van der Waals surface area contributed by atoms with Gasteiger partial charge >= 0.3 is 6.09 Å². The number of hydrogen-bond acceptors (Lipinski definition) is 8. The Bertz CT molecular complexity index is 1450. The molecule has 0 bridgehead atoms. The maximum absolute atomic E-state index is 13.6. The fourth-order valence-corrected chi connectivity index (χ4v) is 6.23. The van der Waals surface area contributed by atoms with Gasteiger partial charge in [-0.1, -0.05) is 37.1 Å². The summed E-state index contributed by atoms with van der Waals surface area (Å²) < 4.78 is 12.3. The first-order valence-corrected chi connectivity index (χ1v) is 14.8. The monoisotopic (exact) mass is 583 g/mol. The lowest BCUT2D eigenvalue weighted by atomic mass is 9.85. The fraction of sp³-hybridized carbons (Fsp3) is 0.484. The molecule has 2 aromatic carbocycles. The zero-order chi connectivity index (χ0) is 29.1. The summed E-state index contributed by atoms with van der Waals surface area (Å²) in [6.45, 7) is 5.01. The number of halogens is 1. The molecule has 0 unspecified atom stereocenters. The number of carbonyl (C=O) groups is 1. The number of nitrogens with zero attached hydrogens (tertiary/aromatic N) is 2. The normalized spacial score (nSPS) is 21.6. The van der Waals surface area contributed by atoms with E-state index < -0.39 is 23.5 Å². The highest BCUT2D eigenvalue weighted by atomic mass is 35.5. The van der Waals surface area contributed by atoms with E-state index in [1.165, 1.54) is 12.1 Å². The van der Waals surface area contributed by atoms with Crippen molar-refractivity contribution < 1.29 is 24.2 Å². The number of rotatable bonds is 7. The van der Waals surface area contributed by atoms with Crippen LogP contribution in [-0.2, 0) is 0 Å². The third-order valence-electron chi connectivity index (χ3n) is 8.08. The minimum atomic E-state index is -0.814. The van der Waals surface area contributed by atoms with E-state index in [2.05, 4.69) is 5.32 Å². The number of aliphatic hydroxyl groups is 1. The number of fused-ring (bicyclic) bond motifs is 1. The molecule has 1 amide bonds. The van der Waals surface area contributed by atoms with E-state index in [1.807, 2.05) is 18.9 Å². The third kappa shape index (κ3) is 6.38. The minimum Gasteiger partial charge on any atom is -0.507 e. The van der Waals surface area contributed by atoms with Crippen molar-refractivity contribution in [3.05, 3.63) is 57.2 Å². The summed E-state index contributed by atoms with van der Waals surface area (Å²) in [5.74, 6) is -0.563. The van der Waals surface area contributed by atoms with Crippen molar-refractivity contribution in [1.29, 1.82) is 0 Å². The Morgan fingerprint density at radius 2 is 2.05 bits per heavy atom. The fourth-order valence-electron chi connectivity index (χ4n) is 6.00. The van der Waals surface area contributed by atoms with Crippen molar-refractivity contribution in [3.8, 4) is 22.8 Å². The molecule has 2 fully saturated rings. The summed E-state index contributed by atoms with van der Waals surface area (Å²) in [5.41, 5.74) is 0.528. The summed E-state index contributed by atoms with van der Waals surface area (Å²) >= 11 is 6.43. The molecular weight excluding hydrogens is 546 g/mol. The molecule has 3 atom stereocenters. The predicted octanol–water partition coefficient (Wildman–Crippen LogP) is 4.95. The molecule has 5 rings (SSSR count). The van der Waals surface area contributed by atoms with Crippen molar-refractivity contribution in [3.63, 3.8) is 0 Å². The topological polar surface area (TPSA) is 115 Å². The summed E-state index contributed by atoms with van der Waals surface area (Å²) in [4.78, 5) is 30.7. The summed E-state index contributed by atoms with van der Waals surface area (Å²) in [6.07, 6.45) is 3.13. The van der Waals surface area contributed by atoms with Crippen molar-refractivity contribution in [2.75, 3.05) is 39.8 Å². The Labute approximate surface area is 244 Å². The van der Waals surface area contributed by atoms with E-state index in [1.54, 1.807) is 29.2 Å². The van der Waals surface area contributed by atoms with Gasteiger partial charge in [0.15, 0.2) is 5.43 Å². The average Bonchev–Trinajstić information content (AvgIpc) is 2.94. The van der Waals surface area contributed by atoms with Gasteiger partial charge in [0.25, 0.3) is 0 Å². The molecule has 3 N–H and O–H groups in total. The van der Waals surface area contributed by atoms with Gasteiger partial charge in [0.2, 0.25) is 0 Å². The number of likely N-dealkylation sites (N-methyl/N-ethyl adjacent to an activating group) is 1. The molecule has 9 nitrogen and oxygen atoms in total. The Morgan fingerprint density at radius 1 is 1.24 bits per heavy atom. The number of piperidine rings is 2. The first-order valence-electron chi connectivity index (χ1n) is 14.4. The van der Waals surface area contributed by atoms with Crippen molar-refractivity contribution >= 4 is 28.7 Å². The Morgan fingerprint density at radius 3 is 2.76 bits per heavy atom. The number of amides is 1. The molecule has 1 aromatic heterocycles. The number of nitrogens with one attached hydrogen (secondary N) is 1. The molecule has 3 heterocycles. The molecule has 2 saturated heterocycles. The maximum atomic E-state index is 13.6. The van der Waals surface area contributed by atoms with Crippen LogP contribution in [0, 0.1) is 0 Å². The minimum absolute atomic E-state index is 0.0291. The lowest BCUT2D eigenvalue weighted by molar-refractivity contribution is 0.0627. The number of likely N-dealkylation sites (tertiary alicyclic amines) is 1. The van der Waals surface area contributed by atoms with Crippen LogP contribution in [0.1, 0.15) is 50.5 Å². The van der Waals surface area contributed by atoms with Gasteiger partial charge in [0, 0.05) is 54.9 Å². The second kappa shape index (κ2) is 12.8. The van der Waals surface area contributed by atoms with Gasteiger partial charge in [0.05, 0.1) is 11.1 Å². The first-order chi connectivity index (χ1) is 19.8. The number of phenols is 1. The van der Waals surface area contributed by atoms with Crippen LogP contribution in [0.15, 0.2) is 45.6 Å². The Hall–Kier alpha value is -3.11. The predicted molar refractivity (Wildman–Crippen MR) is 159 cm³/mol. The summed E-state index contributed by atoms with van der Waals surface area (Å²) in [6, 6.07) is 9.77. The molecule has 10 heteroatoms. The van der Waals surface area contributed by atoms with Gasteiger partial charge in [0.1, 0.15) is 28.2 Å². The van der Waals surface area contributed by atoms with Crippen LogP contribution in [0.4, 0.5) is 4.79 Å². The van der Waals surface area contributed by atoms with Crippen molar-refractivity contribution in [1.82, 2.24) is 15.1 Å². The van der Waals surface area contributed by atoms with E-state index in [0.717, 1.165) is 32.2 Å². The van der Waals surface area contributed by atoms with Gasteiger partial charge in [-0.15, -0.1) is 0 Å². The molecule has 0 saturated carbocycles. The number of aliphatic hydroxyl groups excluding tert-OH is 1. The van der Waals surface area contributed by atoms with E-state index >= 15 is 0 Å². The maximum Gasteiger partial charge on any atom is 0.415 e. The lowest BCUT2D eigenvalue weighted by Crippen LogP contribution is -2.47. The Kier molecular flexibility index (Phi) is 9.19. The zero-order valence-electron chi connectivity index (χ0n) is 23.6. The van der Waals surface area contributed by atoms with Gasteiger partial charge in [-0.3, -0.25) is 4.79 Å². The molecular formula is C31H38ClN3O6. The molecule has 220 valence electrons. The van der Waals surface area contributed by atoms with Crippen LogP contribution in [0.5, 0.6) is 11.5 Å². The quantitative estimate of drug-likeness (QED) is 0.358. The molecule has 0 spiro atoms. The van der Waals surface area contributed by atoms with Crippen LogP contribution in [0.3, 0.4) is 0 Å². The number of β-amino-alcohol motifs (C(OH)–C–C–N with tert-alkyl or cyclic N) is 1. The molecule has 2 aliphatic heterocycles. The van der Waals surface area contributed by atoms with Crippen LogP contribution in [-0.4, -0.2) is 78.0 Å². The SMILES string of the molecule is CCCN(C[C@@H]1CCCCN1)C(=O)Oc1cc(O)c2c(=O)cc(-c3ccccc3Cl)oc2c1[C@H]1CCN(C)C[C@H]1O. The summed E-state index contributed by atoms with van der Waals surface area (Å²) in [7, 11) is 1.92. The number of aromatic hydroxyl groups is 1. The molecule has 41 heavy (non-hydrogen) atoms. The molecule has 0 radical (unpaired) electrons. The number of carbonyl (C=O) groups excluding carboxylic acids is 1. The van der Waals surface area contributed by atoms with E-state index in [-0.39, 0.29) is 34.3 Å². The zero-order valence-corrected chi connectivity index (χ0v) is 24.3. The van der Waals surface area contributed by atoms with E-state index in [9.17, 15) is 19.8 Å². The van der Waals surface area contributed by atoms with Gasteiger partial charge in [-0.25, -0.2) is 4.79 Å². The van der Waals surface area contributed by atoms with Crippen LogP contribution < -0.4 is 15.5 Å². The number of ether oxygens (including phenoxy) is 1. The largest absolute Gasteiger partial charge is 0.507 e.